The predicted octanol–water partition coefficient (Wildman–Crippen LogP) is 5.52. The van der Waals surface area contributed by atoms with Crippen LogP contribution in [0, 0.1) is 20.2 Å². The lowest BCUT2D eigenvalue weighted by molar-refractivity contribution is -0.393. The molecule has 0 unspecified atom stereocenters. The van der Waals surface area contributed by atoms with Gasteiger partial charge in [-0.3, -0.25) is 25.7 Å². The molecule has 1 N–H and O–H groups in total. The van der Waals surface area contributed by atoms with Crippen LogP contribution in [0.3, 0.4) is 0 Å². The number of furan rings is 1. The van der Waals surface area contributed by atoms with Crippen LogP contribution in [0.1, 0.15) is 5.76 Å². The fourth-order valence-electron chi connectivity index (χ4n) is 2.30. The van der Waals surface area contributed by atoms with Gasteiger partial charge in [0, 0.05) is 16.7 Å². The van der Waals surface area contributed by atoms with Gasteiger partial charge in [-0.1, -0.05) is 23.2 Å². The molecule has 0 radical (unpaired) electrons. The minimum Gasteiger partial charge on any atom is -0.455 e. The van der Waals surface area contributed by atoms with Crippen LogP contribution in [0.15, 0.2) is 58.0 Å². The third-order valence-electron chi connectivity index (χ3n) is 3.59. The van der Waals surface area contributed by atoms with Gasteiger partial charge >= 0.3 is 5.69 Å². The van der Waals surface area contributed by atoms with Crippen molar-refractivity contribution in [3.05, 3.63) is 84.6 Å². The smallest absolute Gasteiger partial charge is 0.301 e. The van der Waals surface area contributed by atoms with Gasteiger partial charge in [-0.15, -0.1) is 0 Å². The molecule has 0 aliphatic heterocycles. The normalized spacial score (nSPS) is 10.9. The zero-order valence-corrected chi connectivity index (χ0v) is 15.3. The van der Waals surface area contributed by atoms with Crippen molar-refractivity contribution in [2.24, 2.45) is 5.10 Å². The number of nitrogens with one attached hydrogen (secondary N) is 1. The van der Waals surface area contributed by atoms with Gasteiger partial charge in [0.15, 0.2) is 0 Å². The summed E-state index contributed by atoms with van der Waals surface area (Å²) in [5.74, 6) is 0.818. The van der Waals surface area contributed by atoms with Crippen molar-refractivity contribution >= 4 is 46.5 Å². The fraction of sp³-hybridized carbons (Fsp3) is 0. The molecule has 0 spiro atoms. The molecule has 0 fully saturated rings. The highest BCUT2D eigenvalue weighted by molar-refractivity contribution is 6.35. The molecule has 0 aliphatic carbocycles. The lowest BCUT2D eigenvalue weighted by atomic mass is 10.2. The monoisotopic (exact) mass is 420 g/mol. The molecule has 1 aromatic heterocycles. The summed E-state index contributed by atoms with van der Waals surface area (Å²) in [5.41, 5.74) is 2.21. The van der Waals surface area contributed by atoms with E-state index < -0.39 is 21.2 Å². The summed E-state index contributed by atoms with van der Waals surface area (Å²) < 4.78 is 5.62. The van der Waals surface area contributed by atoms with Crippen LogP contribution in [0.2, 0.25) is 10.0 Å². The van der Waals surface area contributed by atoms with E-state index in [1.165, 1.54) is 12.3 Å². The molecule has 142 valence electrons. The van der Waals surface area contributed by atoms with Gasteiger partial charge in [0.1, 0.15) is 17.2 Å². The summed E-state index contributed by atoms with van der Waals surface area (Å²) in [7, 11) is 0. The van der Waals surface area contributed by atoms with Crippen LogP contribution < -0.4 is 5.43 Å². The van der Waals surface area contributed by atoms with Crippen molar-refractivity contribution in [2.45, 2.75) is 0 Å². The summed E-state index contributed by atoms with van der Waals surface area (Å²) in [5, 5.41) is 26.7. The third-order valence-corrected chi connectivity index (χ3v) is 4.15. The van der Waals surface area contributed by atoms with Crippen molar-refractivity contribution in [2.75, 3.05) is 5.43 Å². The largest absolute Gasteiger partial charge is 0.455 e. The molecule has 2 aromatic carbocycles. The summed E-state index contributed by atoms with van der Waals surface area (Å²) >= 11 is 12.1. The highest BCUT2D eigenvalue weighted by atomic mass is 35.5. The standard InChI is InChI=1S/C17H10Cl2N4O5/c18-10-1-4-14(19)13(7-10)17-6-3-12(28-17)9-20-21-15-5-2-11(22(24)25)8-16(15)23(26)27/h1-9,21H. The van der Waals surface area contributed by atoms with Gasteiger partial charge in [0.2, 0.25) is 0 Å². The van der Waals surface area contributed by atoms with Gasteiger partial charge in [-0.2, -0.15) is 5.10 Å². The minimum absolute atomic E-state index is 0.00323. The predicted molar refractivity (Wildman–Crippen MR) is 105 cm³/mol. The molecule has 28 heavy (non-hydrogen) atoms. The van der Waals surface area contributed by atoms with E-state index in [9.17, 15) is 20.2 Å². The van der Waals surface area contributed by atoms with Crippen molar-refractivity contribution in [1.82, 2.24) is 0 Å². The number of non-ortho nitro benzene ring substituents is 1. The van der Waals surface area contributed by atoms with Crippen molar-refractivity contribution in [1.29, 1.82) is 0 Å². The first-order chi connectivity index (χ1) is 13.3. The maximum atomic E-state index is 11.1. The lowest BCUT2D eigenvalue weighted by Gasteiger charge is -2.02. The maximum Gasteiger partial charge on any atom is 0.301 e. The minimum atomic E-state index is -0.739. The van der Waals surface area contributed by atoms with Gasteiger partial charge in [0.05, 0.1) is 27.2 Å². The Morgan fingerprint density at radius 2 is 1.79 bits per heavy atom. The molecule has 0 amide bonds. The van der Waals surface area contributed by atoms with E-state index in [1.807, 2.05) is 0 Å². The molecule has 1 heterocycles. The molecule has 3 rings (SSSR count). The number of hydrogen-bond acceptors (Lipinski definition) is 7. The Bertz CT molecular complexity index is 1100. The van der Waals surface area contributed by atoms with E-state index in [-0.39, 0.29) is 5.69 Å². The molecule has 3 aromatic rings. The molecular weight excluding hydrogens is 411 g/mol. The number of hydrogen-bond donors (Lipinski definition) is 1. The van der Waals surface area contributed by atoms with E-state index >= 15 is 0 Å². The van der Waals surface area contributed by atoms with Gasteiger partial charge in [0.25, 0.3) is 5.69 Å². The molecule has 0 saturated carbocycles. The third kappa shape index (κ3) is 4.27. The molecule has 0 aliphatic rings. The Morgan fingerprint density at radius 1 is 1.00 bits per heavy atom. The first-order valence-corrected chi connectivity index (χ1v) is 8.38. The second-order valence-electron chi connectivity index (χ2n) is 5.41. The van der Waals surface area contributed by atoms with Crippen LogP contribution in [0.25, 0.3) is 11.3 Å². The van der Waals surface area contributed by atoms with Crippen LogP contribution in [0.5, 0.6) is 0 Å². The number of halogens is 2. The molecule has 11 heteroatoms. The second kappa shape index (κ2) is 8.07. The molecule has 0 bridgehead atoms. The van der Waals surface area contributed by atoms with Crippen LogP contribution in [-0.4, -0.2) is 16.1 Å². The number of nitrogens with zero attached hydrogens (tertiary/aromatic N) is 3. The summed E-state index contributed by atoms with van der Waals surface area (Å²) in [6, 6.07) is 11.4. The fourth-order valence-corrected chi connectivity index (χ4v) is 2.68. The highest BCUT2D eigenvalue weighted by Crippen LogP contribution is 2.32. The molecular formula is C17H10Cl2N4O5. The number of anilines is 1. The SMILES string of the molecule is O=[N+]([O-])c1ccc(NN=Cc2ccc(-c3cc(Cl)ccc3Cl)o2)c([N+](=O)[O-])c1. The highest BCUT2D eigenvalue weighted by Gasteiger charge is 2.19. The van der Waals surface area contributed by atoms with Crippen molar-refractivity contribution in [3.63, 3.8) is 0 Å². The lowest BCUT2D eigenvalue weighted by Crippen LogP contribution is -1.98. The van der Waals surface area contributed by atoms with Crippen molar-refractivity contribution in [3.8, 4) is 11.3 Å². The molecule has 0 saturated heterocycles. The molecule has 0 atom stereocenters. The second-order valence-corrected chi connectivity index (χ2v) is 6.26. The number of nitro groups is 2. The number of benzene rings is 2. The Labute approximate surface area is 167 Å². The number of rotatable bonds is 6. The first-order valence-electron chi connectivity index (χ1n) is 7.62. The zero-order chi connectivity index (χ0) is 20.3. The first kappa shape index (κ1) is 19.3. The topological polar surface area (TPSA) is 124 Å². The van der Waals surface area contributed by atoms with E-state index in [0.29, 0.717) is 27.1 Å². The Morgan fingerprint density at radius 3 is 2.50 bits per heavy atom. The quantitative estimate of drug-likeness (QED) is 0.318. The Balaban J connectivity index is 1.79. The Kier molecular flexibility index (Phi) is 5.57. The Hall–Kier alpha value is -3.43. The van der Waals surface area contributed by atoms with Gasteiger partial charge in [-0.25, -0.2) is 0 Å². The van der Waals surface area contributed by atoms with Gasteiger partial charge < -0.3 is 4.42 Å². The summed E-state index contributed by atoms with van der Waals surface area (Å²) in [4.78, 5) is 20.4. The van der Waals surface area contributed by atoms with Crippen LogP contribution in [0.4, 0.5) is 17.1 Å². The summed E-state index contributed by atoms with van der Waals surface area (Å²) in [6.07, 6.45) is 1.30. The van der Waals surface area contributed by atoms with Crippen LogP contribution >= 0.6 is 23.2 Å². The number of nitro benzene ring substituents is 2. The van der Waals surface area contributed by atoms with Crippen LogP contribution in [-0.2, 0) is 0 Å². The average Bonchev–Trinajstić information content (AvgIpc) is 3.12. The average molecular weight is 421 g/mol. The summed E-state index contributed by atoms with van der Waals surface area (Å²) in [6.45, 7) is 0. The van der Waals surface area contributed by atoms with E-state index in [0.717, 1.165) is 12.1 Å². The van der Waals surface area contributed by atoms with Crippen molar-refractivity contribution < 1.29 is 14.3 Å². The van der Waals surface area contributed by atoms with E-state index in [1.54, 1.807) is 30.3 Å². The number of hydrazone groups is 1. The van der Waals surface area contributed by atoms with E-state index in [4.69, 9.17) is 27.6 Å². The maximum absolute atomic E-state index is 11.1. The molecule has 9 nitrogen and oxygen atoms in total. The van der Waals surface area contributed by atoms with Gasteiger partial charge in [-0.05, 0) is 36.4 Å². The van der Waals surface area contributed by atoms with E-state index in [2.05, 4.69) is 10.5 Å². The zero-order valence-electron chi connectivity index (χ0n) is 13.8.